The second-order valence-corrected chi connectivity index (χ2v) is 4.72. The minimum atomic E-state index is 0.644. The van der Waals surface area contributed by atoms with E-state index in [1.807, 2.05) is 36.4 Å². The van der Waals surface area contributed by atoms with E-state index in [4.69, 9.17) is 11.6 Å². The molecular formula is C13H8BrClO. The monoisotopic (exact) mass is 294 g/mol. The Morgan fingerprint density at radius 3 is 2.56 bits per heavy atom. The molecule has 0 amide bonds. The topological polar surface area (TPSA) is 17.1 Å². The zero-order chi connectivity index (χ0) is 11.5. The minimum absolute atomic E-state index is 0.644. The molecule has 0 aromatic heterocycles. The van der Waals surface area contributed by atoms with Gasteiger partial charge in [0.05, 0.1) is 0 Å². The number of hydrogen-bond donors (Lipinski definition) is 0. The van der Waals surface area contributed by atoms with Gasteiger partial charge in [-0.15, -0.1) is 0 Å². The lowest BCUT2D eigenvalue weighted by Crippen LogP contribution is -1.86. The van der Waals surface area contributed by atoms with Crippen molar-refractivity contribution in [3.8, 4) is 11.1 Å². The van der Waals surface area contributed by atoms with Crippen LogP contribution in [0.1, 0.15) is 10.4 Å². The Kier molecular flexibility index (Phi) is 3.42. The number of carbonyl (C=O) groups excluding carboxylic acids is 1. The standard InChI is InChI=1S/C13H8BrClO/c14-11-5-10(6-12(15)7-11)13-4-2-1-3-9(13)8-16/h1-8H. The van der Waals surface area contributed by atoms with Crippen molar-refractivity contribution in [2.75, 3.05) is 0 Å². The molecule has 0 fully saturated rings. The molecule has 0 saturated carbocycles. The molecule has 0 radical (unpaired) electrons. The molecular weight excluding hydrogens is 287 g/mol. The van der Waals surface area contributed by atoms with Crippen LogP contribution in [0.15, 0.2) is 46.9 Å². The normalized spacial score (nSPS) is 10.1. The number of carbonyl (C=O) groups is 1. The molecule has 0 spiro atoms. The van der Waals surface area contributed by atoms with Crippen LogP contribution in [0, 0.1) is 0 Å². The van der Waals surface area contributed by atoms with Crippen molar-refractivity contribution >= 4 is 33.8 Å². The summed E-state index contributed by atoms with van der Waals surface area (Å²) in [6.07, 6.45) is 0.851. The highest BCUT2D eigenvalue weighted by molar-refractivity contribution is 9.10. The minimum Gasteiger partial charge on any atom is -0.298 e. The van der Waals surface area contributed by atoms with E-state index >= 15 is 0 Å². The number of benzene rings is 2. The van der Waals surface area contributed by atoms with Crippen LogP contribution in [-0.4, -0.2) is 6.29 Å². The quantitative estimate of drug-likeness (QED) is 0.741. The van der Waals surface area contributed by atoms with Crippen molar-refractivity contribution in [2.45, 2.75) is 0 Å². The molecule has 80 valence electrons. The summed E-state index contributed by atoms with van der Waals surface area (Å²) in [6, 6.07) is 13.0. The van der Waals surface area contributed by atoms with Crippen molar-refractivity contribution in [3.63, 3.8) is 0 Å². The summed E-state index contributed by atoms with van der Waals surface area (Å²) in [7, 11) is 0. The van der Waals surface area contributed by atoms with Gasteiger partial charge < -0.3 is 0 Å². The van der Waals surface area contributed by atoms with E-state index in [9.17, 15) is 4.79 Å². The molecule has 2 aromatic rings. The first-order valence-electron chi connectivity index (χ1n) is 4.71. The van der Waals surface area contributed by atoms with Gasteiger partial charge in [0.15, 0.2) is 6.29 Å². The third-order valence-corrected chi connectivity index (χ3v) is 2.94. The Morgan fingerprint density at radius 2 is 1.88 bits per heavy atom. The van der Waals surface area contributed by atoms with Crippen molar-refractivity contribution in [1.82, 2.24) is 0 Å². The first kappa shape index (κ1) is 11.4. The maximum Gasteiger partial charge on any atom is 0.150 e. The fourth-order valence-corrected chi connectivity index (χ4v) is 2.43. The second kappa shape index (κ2) is 4.81. The average molecular weight is 296 g/mol. The van der Waals surface area contributed by atoms with Crippen LogP contribution in [-0.2, 0) is 0 Å². The van der Waals surface area contributed by atoms with E-state index in [1.165, 1.54) is 0 Å². The highest BCUT2D eigenvalue weighted by Crippen LogP contribution is 2.29. The molecule has 0 unspecified atom stereocenters. The summed E-state index contributed by atoms with van der Waals surface area (Å²) in [4.78, 5) is 10.9. The van der Waals surface area contributed by atoms with Crippen LogP contribution in [0.4, 0.5) is 0 Å². The maximum atomic E-state index is 10.9. The molecule has 0 bridgehead atoms. The van der Waals surface area contributed by atoms with Crippen molar-refractivity contribution in [2.24, 2.45) is 0 Å². The zero-order valence-electron chi connectivity index (χ0n) is 8.28. The fraction of sp³-hybridized carbons (Fsp3) is 0. The predicted molar refractivity (Wildman–Crippen MR) is 70.0 cm³/mol. The summed E-state index contributed by atoms with van der Waals surface area (Å²) in [5.41, 5.74) is 2.49. The molecule has 2 aromatic carbocycles. The number of halogens is 2. The van der Waals surface area contributed by atoms with Gasteiger partial charge in [-0.05, 0) is 29.3 Å². The van der Waals surface area contributed by atoms with Crippen LogP contribution >= 0.6 is 27.5 Å². The molecule has 2 rings (SSSR count). The van der Waals surface area contributed by atoms with Gasteiger partial charge in [-0.2, -0.15) is 0 Å². The van der Waals surface area contributed by atoms with Crippen molar-refractivity contribution < 1.29 is 4.79 Å². The van der Waals surface area contributed by atoms with Crippen LogP contribution < -0.4 is 0 Å². The van der Waals surface area contributed by atoms with Crippen molar-refractivity contribution in [1.29, 1.82) is 0 Å². The summed E-state index contributed by atoms with van der Waals surface area (Å²) >= 11 is 9.36. The van der Waals surface area contributed by atoms with Gasteiger partial charge in [0.2, 0.25) is 0 Å². The van der Waals surface area contributed by atoms with Crippen LogP contribution in [0.5, 0.6) is 0 Å². The lowest BCUT2D eigenvalue weighted by atomic mass is 10.0. The van der Waals surface area contributed by atoms with Gasteiger partial charge in [-0.25, -0.2) is 0 Å². The van der Waals surface area contributed by atoms with Crippen LogP contribution in [0.3, 0.4) is 0 Å². The molecule has 3 heteroatoms. The lowest BCUT2D eigenvalue weighted by Gasteiger charge is -2.06. The summed E-state index contributed by atoms with van der Waals surface area (Å²) in [5.74, 6) is 0. The van der Waals surface area contributed by atoms with E-state index in [0.717, 1.165) is 21.9 Å². The van der Waals surface area contributed by atoms with Gasteiger partial charge in [-0.1, -0.05) is 51.8 Å². The van der Waals surface area contributed by atoms with E-state index in [0.29, 0.717) is 10.6 Å². The fourth-order valence-electron chi connectivity index (χ4n) is 1.57. The van der Waals surface area contributed by atoms with Crippen molar-refractivity contribution in [3.05, 3.63) is 57.5 Å². The lowest BCUT2D eigenvalue weighted by molar-refractivity contribution is 0.112. The number of hydrogen-bond acceptors (Lipinski definition) is 1. The van der Waals surface area contributed by atoms with Crippen LogP contribution in [0.2, 0.25) is 5.02 Å². The maximum absolute atomic E-state index is 10.9. The van der Waals surface area contributed by atoms with Gasteiger partial charge >= 0.3 is 0 Å². The van der Waals surface area contributed by atoms with E-state index < -0.39 is 0 Å². The first-order valence-corrected chi connectivity index (χ1v) is 5.88. The summed E-state index contributed by atoms with van der Waals surface area (Å²) < 4.78 is 0.899. The predicted octanol–water partition coefficient (Wildman–Crippen LogP) is 4.58. The molecule has 16 heavy (non-hydrogen) atoms. The SMILES string of the molecule is O=Cc1ccccc1-c1cc(Cl)cc(Br)c1. The van der Waals surface area contributed by atoms with E-state index in [-0.39, 0.29) is 0 Å². The smallest absolute Gasteiger partial charge is 0.150 e. The third-order valence-electron chi connectivity index (χ3n) is 2.26. The van der Waals surface area contributed by atoms with E-state index in [1.54, 1.807) is 6.07 Å². The third kappa shape index (κ3) is 2.34. The van der Waals surface area contributed by atoms with E-state index in [2.05, 4.69) is 15.9 Å². The molecule has 0 aliphatic heterocycles. The Morgan fingerprint density at radius 1 is 1.12 bits per heavy atom. The average Bonchev–Trinajstić information content (AvgIpc) is 2.27. The molecule has 0 atom stereocenters. The summed E-state index contributed by atoms with van der Waals surface area (Å²) in [6.45, 7) is 0. The number of rotatable bonds is 2. The highest BCUT2D eigenvalue weighted by Gasteiger charge is 2.05. The molecule has 0 N–H and O–H groups in total. The largest absolute Gasteiger partial charge is 0.298 e. The van der Waals surface area contributed by atoms with Crippen LogP contribution in [0.25, 0.3) is 11.1 Å². The molecule has 0 aliphatic rings. The second-order valence-electron chi connectivity index (χ2n) is 3.36. The Hall–Kier alpha value is -1.12. The van der Waals surface area contributed by atoms with Gasteiger partial charge in [0, 0.05) is 15.1 Å². The highest BCUT2D eigenvalue weighted by atomic mass is 79.9. The number of aldehydes is 1. The first-order chi connectivity index (χ1) is 7.70. The Balaban J connectivity index is 2.62. The molecule has 1 nitrogen and oxygen atoms in total. The summed E-state index contributed by atoms with van der Waals surface area (Å²) in [5, 5.41) is 0.644. The Labute approximate surface area is 107 Å². The zero-order valence-corrected chi connectivity index (χ0v) is 10.6. The van der Waals surface area contributed by atoms with Gasteiger partial charge in [-0.3, -0.25) is 4.79 Å². The molecule has 0 saturated heterocycles. The Bertz CT molecular complexity index is 517. The van der Waals surface area contributed by atoms with Gasteiger partial charge in [0.1, 0.15) is 0 Å². The molecule has 0 aliphatic carbocycles. The van der Waals surface area contributed by atoms with Gasteiger partial charge in [0.25, 0.3) is 0 Å². The molecule has 0 heterocycles.